The van der Waals surface area contributed by atoms with E-state index >= 15 is 0 Å². The number of carbonyl (C=O) groups excluding carboxylic acids is 1. The van der Waals surface area contributed by atoms with Gasteiger partial charge >= 0.3 is 5.97 Å². The van der Waals surface area contributed by atoms with Crippen molar-refractivity contribution in [2.75, 3.05) is 7.11 Å². The van der Waals surface area contributed by atoms with Gasteiger partial charge in [0.05, 0.1) is 26.2 Å². The molecule has 2 rings (SSSR count). The summed E-state index contributed by atoms with van der Waals surface area (Å²) in [7, 11) is 1.38. The lowest BCUT2D eigenvalue weighted by Crippen LogP contribution is -2.19. The van der Waals surface area contributed by atoms with Crippen molar-refractivity contribution in [3.63, 3.8) is 0 Å². The summed E-state index contributed by atoms with van der Waals surface area (Å²) in [5.41, 5.74) is 5.20. The van der Waals surface area contributed by atoms with E-state index in [1.165, 1.54) is 7.11 Å². The molecule has 0 fully saturated rings. The van der Waals surface area contributed by atoms with E-state index in [0.29, 0.717) is 0 Å². The van der Waals surface area contributed by atoms with Crippen LogP contribution < -0.4 is 4.74 Å². The highest BCUT2D eigenvalue weighted by molar-refractivity contribution is 5.72. The van der Waals surface area contributed by atoms with Gasteiger partial charge in [-0.2, -0.15) is 0 Å². The van der Waals surface area contributed by atoms with Gasteiger partial charge < -0.3 is 14.6 Å². The second-order valence-electron chi connectivity index (χ2n) is 8.68. The summed E-state index contributed by atoms with van der Waals surface area (Å²) in [5, 5.41) is 10.1. The van der Waals surface area contributed by atoms with Crippen LogP contribution in [-0.2, 0) is 28.0 Å². The van der Waals surface area contributed by atoms with Crippen molar-refractivity contribution >= 4 is 5.97 Å². The van der Waals surface area contributed by atoms with E-state index in [0.717, 1.165) is 39.1 Å². The van der Waals surface area contributed by atoms with Crippen LogP contribution in [0.2, 0.25) is 0 Å². The Labute approximate surface area is 180 Å². The minimum absolute atomic E-state index is 0.0104. The average molecular weight is 409 g/mol. The summed E-state index contributed by atoms with van der Waals surface area (Å²) >= 11 is 0. The van der Waals surface area contributed by atoms with E-state index in [2.05, 4.69) is 38.7 Å². The second-order valence-corrected chi connectivity index (χ2v) is 8.68. The average Bonchev–Trinajstić information content (AvgIpc) is 2.67. The molecule has 0 spiro atoms. The maximum absolute atomic E-state index is 11.4. The summed E-state index contributed by atoms with van der Waals surface area (Å²) in [4.78, 5) is 11.4. The summed E-state index contributed by atoms with van der Waals surface area (Å²) in [6.07, 6.45) is 0.256. The molecule has 2 aromatic carbocycles. The molecule has 0 unspecified atom stereocenters. The van der Waals surface area contributed by atoms with Gasteiger partial charge in [0, 0.05) is 22.3 Å². The molecule has 0 amide bonds. The van der Waals surface area contributed by atoms with Crippen molar-refractivity contribution in [1.29, 1.82) is 0 Å². The lowest BCUT2D eigenvalue weighted by molar-refractivity contribution is -0.139. The van der Waals surface area contributed by atoms with Gasteiger partial charge in [0.25, 0.3) is 0 Å². The number of hydrogen-bond acceptors (Lipinski definition) is 4. The summed E-state index contributed by atoms with van der Waals surface area (Å²) in [6.45, 7) is 12.2. The molecule has 0 aliphatic heterocycles. The highest BCUT2D eigenvalue weighted by Crippen LogP contribution is 2.38. The van der Waals surface area contributed by atoms with E-state index in [9.17, 15) is 9.90 Å². The molecular formula is C26H32O4. The van der Waals surface area contributed by atoms with Gasteiger partial charge in [-0.25, -0.2) is 0 Å². The van der Waals surface area contributed by atoms with Crippen LogP contribution in [0.15, 0.2) is 30.3 Å². The predicted octanol–water partition coefficient (Wildman–Crippen LogP) is 4.69. The Hall–Kier alpha value is -2.77. The SMILES string of the molecule is COC(=O)Cc1ccc(C#Cc2cc(C(C)(C)C)c(OC(C)C)c(CO)c2C)cc1. The fraction of sp³-hybridized carbons (Fsp3) is 0.423. The van der Waals surface area contributed by atoms with Crippen LogP contribution in [-0.4, -0.2) is 24.3 Å². The van der Waals surface area contributed by atoms with E-state index in [4.69, 9.17) is 9.47 Å². The maximum atomic E-state index is 11.4. The highest BCUT2D eigenvalue weighted by Gasteiger charge is 2.25. The number of rotatable bonds is 5. The van der Waals surface area contributed by atoms with E-state index < -0.39 is 0 Å². The number of aliphatic hydroxyl groups is 1. The van der Waals surface area contributed by atoms with Crippen LogP contribution in [0.5, 0.6) is 5.75 Å². The Balaban J connectivity index is 2.47. The van der Waals surface area contributed by atoms with Crippen LogP contribution >= 0.6 is 0 Å². The Bertz CT molecular complexity index is 952. The van der Waals surface area contributed by atoms with Crippen molar-refractivity contribution < 1.29 is 19.4 Å². The number of aliphatic hydroxyl groups excluding tert-OH is 1. The molecule has 0 aliphatic rings. The van der Waals surface area contributed by atoms with E-state index in [-0.39, 0.29) is 30.5 Å². The van der Waals surface area contributed by atoms with Crippen LogP contribution in [0.3, 0.4) is 0 Å². The van der Waals surface area contributed by atoms with Gasteiger partial charge in [-0.1, -0.05) is 44.7 Å². The van der Waals surface area contributed by atoms with Gasteiger partial charge in [-0.15, -0.1) is 0 Å². The van der Waals surface area contributed by atoms with Gasteiger partial charge in [-0.3, -0.25) is 4.79 Å². The third kappa shape index (κ3) is 5.87. The van der Waals surface area contributed by atoms with Crippen molar-refractivity contribution in [3.8, 4) is 17.6 Å². The van der Waals surface area contributed by atoms with Crippen molar-refractivity contribution in [2.24, 2.45) is 0 Å². The lowest BCUT2D eigenvalue weighted by Gasteiger charge is -2.27. The molecule has 4 nitrogen and oxygen atoms in total. The zero-order chi connectivity index (χ0) is 22.5. The molecule has 0 heterocycles. The Morgan fingerprint density at radius 3 is 2.27 bits per heavy atom. The largest absolute Gasteiger partial charge is 0.490 e. The molecule has 0 saturated heterocycles. The fourth-order valence-electron chi connectivity index (χ4n) is 3.15. The normalized spacial score (nSPS) is 11.1. The molecule has 0 atom stereocenters. The molecule has 1 N–H and O–H groups in total. The molecule has 4 heteroatoms. The third-order valence-corrected chi connectivity index (χ3v) is 4.86. The number of esters is 1. The Kier molecular flexibility index (Phi) is 7.70. The maximum Gasteiger partial charge on any atom is 0.309 e. The second kappa shape index (κ2) is 9.82. The van der Waals surface area contributed by atoms with E-state index in [1.54, 1.807) is 0 Å². The topological polar surface area (TPSA) is 55.8 Å². The number of methoxy groups -OCH3 is 1. The minimum Gasteiger partial charge on any atom is -0.490 e. The van der Waals surface area contributed by atoms with Crippen LogP contribution in [0.1, 0.15) is 68.0 Å². The summed E-state index contributed by atoms with van der Waals surface area (Å²) in [6, 6.07) is 9.63. The Morgan fingerprint density at radius 1 is 1.13 bits per heavy atom. The van der Waals surface area contributed by atoms with Crippen LogP contribution in [0.25, 0.3) is 0 Å². The zero-order valence-electron chi connectivity index (χ0n) is 19.1. The molecular weight excluding hydrogens is 376 g/mol. The monoisotopic (exact) mass is 408 g/mol. The van der Waals surface area contributed by atoms with Crippen LogP contribution in [0, 0.1) is 18.8 Å². The minimum atomic E-state index is -0.264. The van der Waals surface area contributed by atoms with Gasteiger partial charge in [0.1, 0.15) is 5.75 Å². The van der Waals surface area contributed by atoms with Gasteiger partial charge in [0.2, 0.25) is 0 Å². The fourth-order valence-corrected chi connectivity index (χ4v) is 3.15. The zero-order valence-corrected chi connectivity index (χ0v) is 19.1. The molecule has 0 bridgehead atoms. The molecule has 2 aromatic rings. The van der Waals surface area contributed by atoms with Crippen molar-refractivity contribution in [2.45, 2.75) is 66.1 Å². The molecule has 0 aliphatic carbocycles. The van der Waals surface area contributed by atoms with Crippen molar-refractivity contribution in [3.05, 3.63) is 63.7 Å². The molecule has 0 aromatic heterocycles. The first-order chi connectivity index (χ1) is 14.1. The molecule has 0 radical (unpaired) electrons. The lowest BCUT2D eigenvalue weighted by atomic mass is 9.82. The number of hydrogen-bond donors (Lipinski definition) is 1. The highest BCUT2D eigenvalue weighted by atomic mass is 16.5. The van der Waals surface area contributed by atoms with Crippen molar-refractivity contribution in [1.82, 2.24) is 0 Å². The van der Waals surface area contributed by atoms with Gasteiger partial charge in [-0.05, 0) is 55.5 Å². The number of benzene rings is 2. The number of carbonyl (C=O) groups is 1. The quantitative estimate of drug-likeness (QED) is 0.576. The van der Waals surface area contributed by atoms with Gasteiger partial charge in [0.15, 0.2) is 0 Å². The number of ether oxygens (including phenoxy) is 2. The standard InChI is InChI=1S/C26H32O4/c1-17(2)30-25-22(16-27)18(3)21(15-23(25)26(4,5)6)13-12-19-8-10-20(11-9-19)14-24(28)29-7/h8-11,15,17,27H,14,16H2,1-7H3. The third-order valence-electron chi connectivity index (χ3n) is 4.86. The molecule has 30 heavy (non-hydrogen) atoms. The first-order valence-electron chi connectivity index (χ1n) is 10.2. The van der Waals surface area contributed by atoms with Crippen LogP contribution in [0.4, 0.5) is 0 Å². The predicted molar refractivity (Wildman–Crippen MR) is 120 cm³/mol. The smallest absolute Gasteiger partial charge is 0.309 e. The summed E-state index contributed by atoms with van der Waals surface area (Å²) < 4.78 is 10.8. The molecule has 0 saturated carbocycles. The first kappa shape index (κ1) is 23.5. The molecule has 160 valence electrons. The summed E-state index contributed by atoms with van der Waals surface area (Å²) in [5.74, 6) is 6.95. The first-order valence-corrected chi connectivity index (χ1v) is 10.2. The Morgan fingerprint density at radius 2 is 1.77 bits per heavy atom. The van der Waals surface area contributed by atoms with E-state index in [1.807, 2.05) is 45.0 Å².